The molecule has 0 bridgehead atoms. The Morgan fingerprint density at radius 1 is 1.12 bits per heavy atom. The van der Waals surface area contributed by atoms with E-state index in [0.717, 1.165) is 16.5 Å². The molecule has 0 unspecified atom stereocenters. The normalized spacial score (nSPS) is 15.2. The molecule has 10 heteroatoms. The van der Waals surface area contributed by atoms with Gasteiger partial charge in [-0.25, -0.2) is 9.79 Å². The van der Waals surface area contributed by atoms with Gasteiger partial charge in [0.15, 0.2) is 0 Å². The molecule has 0 saturated carbocycles. The number of esters is 1. The summed E-state index contributed by atoms with van der Waals surface area (Å²) in [6.07, 6.45) is 5.20. The quantitative estimate of drug-likeness (QED) is 0.252. The molecular formula is C30H27N3O6S. The molecule has 204 valence electrons. The molecule has 1 aliphatic rings. The second-order valence-electron chi connectivity index (χ2n) is 8.76. The molecule has 0 atom stereocenters. The molecule has 1 aliphatic heterocycles. The van der Waals surface area contributed by atoms with E-state index in [-0.39, 0.29) is 30.4 Å². The molecule has 2 N–H and O–H groups in total. The van der Waals surface area contributed by atoms with Crippen LogP contribution in [0.25, 0.3) is 17.0 Å². The van der Waals surface area contributed by atoms with Crippen LogP contribution in [-0.4, -0.2) is 40.3 Å². The number of aliphatic hydroxyl groups is 1. The van der Waals surface area contributed by atoms with Gasteiger partial charge in [-0.1, -0.05) is 30.0 Å². The van der Waals surface area contributed by atoms with E-state index in [0.29, 0.717) is 33.7 Å². The topological polar surface area (TPSA) is 115 Å². The molecule has 0 saturated heterocycles. The number of hydrogen-bond acceptors (Lipinski definition) is 8. The third-order valence-electron chi connectivity index (χ3n) is 6.13. The maximum Gasteiger partial charge on any atom is 0.344 e. The summed E-state index contributed by atoms with van der Waals surface area (Å²) in [5.41, 5.74) is 2.23. The number of amides is 1. The molecule has 40 heavy (non-hydrogen) atoms. The minimum Gasteiger partial charge on any atom is -0.506 e. The lowest BCUT2D eigenvalue weighted by Crippen LogP contribution is -2.26. The number of methoxy groups -OCH3 is 1. The van der Waals surface area contributed by atoms with E-state index in [1.807, 2.05) is 35.0 Å². The number of para-hydroxylation sites is 1. The van der Waals surface area contributed by atoms with Crippen LogP contribution < -0.4 is 10.1 Å². The number of carbonyl (C=O) groups is 2. The molecule has 0 radical (unpaired) electrons. The SMILES string of the molecule is CCOC(=O)C1=C(O)/C(=C/c2cn(CC(=O)NCc3ccco3)c3ccccc23)SC1=Nc1ccc(OC)cc1. The lowest BCUT2D eigenvalue weighted by molar-refractivity contribution is -0.138. The number of aliphatic hydroxyl groups excluding tert-OH is 1. The Morgan fingerprint density at radius 3 is 2.65 bits per heavy atom. The Hall–Kier alpha value is -4.70. The average Bonchev–Trinajstić information content (AvgIpc) is 3.67. The van der Waals surface area contributed by atoms with Gasteiger partial charge in [-0.15, -0.1) is 0 Å². The highest BCUT2D eigenvalue weighted by Gasteiger charge is 2.33. The first-order valence-corrected chi connectivity index (χ1v) is 13.4. The summed E-state index contributed by atoms with van der Waals surface area (Å²) in [7, 11) is 1.58. The number of ether oxygens (including phenoxy) is 2. The molecular weight excluding hydrogens is 530 g/mol. The van der Waals surface area contributed by atoms with E-state index in [2.05, 4.69) is 10.3 Å². The zero-order valence-electron chi connectivity index (χ0n) is 21.9. The van der Waals surface area contributed by atoms with Gasteiger partial charge in [0.25, 0.3) is 0 Å². The highest BCUT2D eigenvalue weighted by Crippen LogP contribution is 2.41. The second-order valence-corrected chi connectivity index (χ2v) is 9.79. The van der Waals surface area contributed by atoms with E-state index in [9.17, 15) is 14.7 Å². The third-order valence-corrected chi connectivity index (χ3v) is 7.15. The molecule has 0 spiro atoms. The fraction of sp³-hybridized carbons (Fsp3) is 0.167. The van der Waals surface area contributed by atoms with Gasteiger partial charge in [0.1, 0.15) is 34.4 Å². The van der Waals surface area contributed by atoms with Crippen LogP contribution in [0, 0.1) is 0 Å². The fourth-order valence-electron chi connectivity index (χ4n) is 4.24. The first-order valence-electron chi connectivity index (χ1n) is 12.6. The van der Waals surface area contributed by atoms with Gasteiger partial charge in [0.2, 0.25) is 5.91 Å². The lowest BCUT2D eigenvalue weighted by atomic mass is 10.1. The summed E-state index contributed by atoms with van der Waals surface area (Å²) in [5.74, 6) is 0.315. The molecule has 5 rings (SSSR count). The van der Waals surface area contributed by atoms with E-state index >= 15 is 0 Å². The van der Waals surface area contributed by atoms with Gasteiger partial charge < -0.3 is 28.9 Å². The predicted molar refractivity (Wildman–Crippen MR) is 154 cm³/mol. The van der Waals surface area contributed by atoms with Gasteiger partial charge in [-0.2, -0.15) is 0 Å². The molecule has 9 nitrogen and oxygen atoms in total. The van der Waals surface area contributed by atoms with Crippen molar-refractivity contribution in [2.45, 2.75) is 20.0 Å². The summed E-state index contributed by atoms with van der Waals surface area (Å²) < 4.78 is 17.5. The molecule has 3 heterocycles. The first-order chi connectivity index (χ1) is 19.5. The first kappa shape index (κ1) is 26.9. The van der Waals surface area contributed by atoms with E-state index in [1.54, 1.807) is 62.8 Å². The molecule has 0 fully saturated rings. The van der Waals surface area contributed by atoms with Crippen molar-refractivity contribution in [2.75, 3.05) is 13.7 Å². The molecule has 0 aliphatic carbocycles. The number of nitrogens with zero attached hydrogens (tertiary/aromatic N) is 2. The van der Waals surface area contributed by atoms with Crippen LogP contribution in [0.4, 0.5) is 5.69 Å². The number of aliphatic imine (C=N–C) groups is 1. The summed E-state index contributed by atoms with van der Waals surface area (Å²) in [6, 6.07) is 18.3. The van der Waals surface area contributed by atoms with Crippen molar-refractivity contribution in [3.05, 3.63) is 101 Å². The summed E-state index contributed by atoms with van der Waals surface area (Å²) in [4.78, 5) is 30.5. The maximum atomic E-state index is 12.8. The van der Waals surface area contributed by atoms with Crippen molar-refractivity contribution >= 4 is 51.3 Å². The Bertz CT molecular complexity index is 1630. The summed E-state index contributed by atoms with van der Waals surface area (Å²) >= 11 is 1.17. The average molecular weight is 558 g/mol. The van der Waals surface area contributed by atoms with Gasteiger partial charge >= 0.3 is 5.97 Å². The lowest BCUT2D eigenvalue weighted by Gasteiger charge is -2.06. The standard InChI is InChI=1S/C30H27N3O6S/c1-3-38-30(36)27-28(35)25(40-29(27)32-20-10-12-21(37-2)13-11-20)15-19-17-33(24-9-5-4-8-23(19)24)18-26(34)31-16-22-7-6-14-39-22/h4-15,17,35H,3,16,18H2,1-2H3,(H,31,34)/b25-15-,32-29?. The van der Waals surface area contributed by atoms with Crippen molar-refractivity contribution in [3.8, 4) is 5.75 Å². The van der Waals surface area contributed by atoms with Crippen LogP contribution in [0.2, 0.25) is 0 Å². The summed E-state index contributed by atoms with van der Waals surface area (Å²) in [6.45, 7) is 2.25. The van der Waals surface area contributed by atoms with Crippen molar-refractivity contribution in [1.82, 2.24) is 9.88 Å². The molecule has 4 aromatic rings. The number of thioether (sulfide) groups is 1. The van der Waals surface area contributed by atoms with Crippen LogP contribution in [0.5, 0.6) is 5.75 Å². The van der Waals surface area contributed by atoms with Crippen LogP contribution in [0.1, 0.15) is 18.2 Å². The Morgan fingerprint density at radius 2 is 1.93 bits per heavy atom. The van der Waals surface area contributed by atoms with Crippen molar-refractivity contribution in [2.24, 2.45) is 4.99 Å². The number of fused-ring (bicyclic) bond motifs is 1. The predicted octanol–water partition coefficient (Wildman–Crippen LogP) is 5.75. The smallest absolute Gasteiger partial charge is 0.344 e. The minimum absolute atomic E-state index is 0.00922. The molecule has 2 aromatic carbocycles. The van der Waals surface area contributed by atoms with Crippen LogP contribution in [0.3, 0.4) is 0 Å². The maximum absolute atomic E-state index is 12.8. The number of aromatic nitrogens is 1. The number of benzene rings is 2. The van der Waals surface area contributed by atoms with E-state index in [1.165, 1.54) is 11.8 Å². The largest absolute Gasteiger partial charge is 0.506 e. The van der Waals surface area contributed by atoms with Crippen LogP contribution in [-0.2, 0) is 27.4 Å². The summed E-state index contributed by atoms with van der Waals surface area (Å²) in [5, 5.41) is 15.2. The van der Waals surface area contributed by atoms with Crippen molar-refractivity contribution in [1.29, 1.82) is 0 Å². The second kappa shape index (κ2) is 12.0. The van der Waals surface area contributed by atoms with E-state index in [4.69, 9.17) is 13.9 Å². The number of nitrogens with one attached hydrogen (secondary N) is 1. The number of carbonyl (C=O) groups excluding carboxylic acids is 2. The number of rotatable bonds is 9. The van der Waals surface area contributed by atoms with Gasteiger partial charge in [0.05, 0.1) is 37.1 Å². The highest BCUT2D eigenvalue weighted by molar-refractivity contribution is 8.18. The Balaban J connectivity index is 1.47. The number of furan rings is 1. The monoisotopic (exact) mass is 557 g/mol. The Labute approximate surface area is 234 Å². The Kier molecular flexibility index (Phi) is 8.07. The molecule has 2 aromatic heterocycles. The fourth-order valence-corrected chi connectivity index (χ4v) is 5.26. The zero-order valence-corrected chi connectivity index (χ0v) is 22.7. The zero-order chi connectivity index (χ0) is 28.1. The minimum atomic E-state index is -0.654. The third kappa shape index (κ3) is 5.81. The molecule has 1 amide bonds. The van der Waals surface area contributed by atoms with Crippen LogP contribution in [0.15, 0.2) is 98.8 Å². The van der Waals surface area contributed by atoms with Gasteiger partial charge in [-0.3, -0.25) is 4.79 Å². The van der Waals surface area contributed by atoms with E-state index < -0.39 is 5.97 Å². The van der Waals surface area contributed by atoms with Crippen LogP contribution >= 0.6 is 11.8 Å². The van der Waals surface area contributed by atoms with Crippen molar-refractivity contribution in [3.63, 3.8) is 0 Å². The van der Waals surface area contributed by atoms with Crippen molar-refractivity contribution < 1.29 is 28.6 Å². The highest BCUT2D eigenvalue weighted by atomic mass is 32.2. The van der Waals surface area contributed by atoms with Gasteiger partial charge in [0, 0.05) is 22.7 Å². The number of hydrogen-bond donors (Lipinski definition) is 2. The van der Waals surface area contributed by atoms with Gasteiger partial charge in [-0.05, 0) is 55.5 Å².